The molecule has 0 heterocycles. The van der Waals surface area contributed by atoms with Gasteiger partial charge in [-0.2, -0.15) is 0 Å². The van der Waals surface area contributed by atoms with E-state index in [4.69, 9.17) is 0 Å². The normalized spacial score (nSPS) is 11.4. The van der Waals surface area contributed by atoms with Gasteiger partial charge < -0.3 is 16.0 Å². The van der Waals surface area contributed by atoms with E-state index in [1.54, 1.807) is 12.1 Å². The summed E-state index contributed by atoms with van der Waals surface area (Å²) < 4.78 is 0.930. The Hall–Kier alpha value is -2.67. The number of benzene rings is 2. The number of hydrogen-bond acceptors (Lipinski definition) is 3. The van der Waals surface area contributed by atoms with Crippen LogP contribution in [0, 0.1) is 0 Å². The fraction of sp³-hybridized carbons (Fsp3) is 0.348. The molecule has 160 valence electrons. The molecule has 0 aromatic heterocycles. The molecule has 6 nitrogen and oxygen atoms in total. The first-order valence-corrected chi connectivity index (χ1v) is 10.8. The smallest absolute Gasteiger partial charge is 0.251 e. The lowest BCUT2D eigenvalue weighted by atomic mass is 10.0. The fourth-order valence-electron chi connectivity index (χ4n) is 2.91. The molecule has 2 rings (SSSR count). The van der Waals surface area contributed by atoms with Crippen LogP contribution in [-0.4, -0.2) is 24.3 Å². The van der Waals surface area contributed by atoms with Crippen molar-refractivity contribution in [3.63, 3.8) is 0 Å². The molecule has 0 aliphatic carbocycles. The summed E-state index contributed by atoms with van der Waals surface area (Å²) in [5, 5.41) is 8.58. The molecule has 30 heavy (non-hydrogen) atoms. The van der Waals surface area contributed by atoms with Gasteiger partial charge in [0.2, 0.25) is 11.8 Å². The molecule has 3 amide bonds. The number of unbranched alkanes of at least 4 members (excludes halogenated alkanes) is 1. The third-order valence-corrected chi connectivity index (χ3v) is 5.09. The zero-order valence-corrected chi connectivity index (χ0v) is 18.9. The van der Waals surface area contributed by atoms with E-state index in [0.717, 1.165) is 28.4 Å². The van der Waals surface area contributed by atoms with E-state index in [0.29, 0.717) is 18.7 Å². The van der Waals surface area contributed by atoms with Gasteiger partial charge in [-0.1, -0.05) is 53.5 Å². The first kappa shape index (κ1) is 23.6. The van der Waals surface area contributed by atoms with Crippen molar-refractivity contribution in [3.05, 3.63) is 69.7 Å². The lowest BCUT2D eigenvalue weighted by Gasteiger charge is -2.18. The monoisotopic (exact) mass is 473 g/mol. The highest BCUT2D eigenvalue weighted by atomic mass is 79.9. The highest BCUT2D eigenvalue weighted by molar-refractivity contribution is 9.10. The molecule has 2 aromatic carbocycles. The summed E-state index contributed by atoms with van der Waals surface area (Å²) in [7, 11) is 0. The Bertz CT molecular complexity index is 851. The molecule has 7 heteroatoms. The molecule has 2 aromatic rings. The molecule has 0 fully saturated rings. The highest BCUT2D eigenvalue weighted by Gasteiger charge is 2.17. The average molecular weight is 474 g/mol. The number of carbonyl (C=O) groups is 3. The number of rotatable bonds is 10. The minimum absolute atomic E-state index is 0.0910. The number of halogens is 1. The molecule has 0 saturated heterocycles. The topological polar surface area (TPSA) is 87.3 Å². The van der Waals surface area contributed by atoms with Gasteiger partial charge in [0.25, 0.3) is 5.91 Å². The first-order chi connectivity index (χ1) is 14.4. The Labute approximate surface area is 186 Å². The molecule has 0 aliphatic heterocycles. The van der Waals surface area contributed by atoms with Gasteiger partial charge in [-0.15, -0.1) is 0 Å². The summed E-state index contributed by atoms with van der Waals surface area (Å²) in [5.74, 6) is -0.451. The largest absolute Gasteiger partial charge is 0.352 e. The minimum atomic E-state index is -0.398. The van der Waals surface area contributed by atoms with Gasteiger partial charge in [-0.05, 0) is 41.8 Å². The van der Waals surface area contributed by atoms with Gasteiger partial charge in [0.1, 0.15) is 0 Å². The summed E-state index contributed by atoms with van der Waals surface area (Å²) >= 11 is 3.38. The molecule has 0 aliphatic rings. The van der Waals surface area contributed by atoms with Crippen molar-refractivity contribution in [3.8, 4) is 0 Å². The number of amides is 3. The number of carbonyl (C=O) groups excluding carboxylic acids is 3. The van der Waals surface area contributed by atoms with Crippen LogP contribution in [0.15, 0.2) is 53.0 Å². The second-order valence-electron chi connectivity index (χ2n) is 7.09. The zero-order valence-electron chi connectivity index (χ0n) is 17.3. The van der Waals surface area contributed by atoms with Crippen molar-refractivity contribution in [1.82, 2.24) is 16.0 Å². The van der Waals surface area contributed by atoms with Crippen molar-refractivity contribution in [2.45, 2.75) is 45.7 Å². The molecule has 0 radical (unpaired) electrons. The second-order valence-corrected chi connectivity index (χ2v) is 8.01. The Morgan fingerprint density at radius 2 is 1.63 bits per heavy atom. The SMILES string of the molecule is CCCCNC(=O)c1ccc(CNC(=O)CC(NC(C)=O)c2ccc(Br)cc2)cc1. The zero-order chi connectivity index (χ0) is 21.9. The molecular formula is C23H28BrN3O3. The Balaban J connectivity index is 1.89. The molecule has 1 atom stereocenters. The average Bonchev–Trinajstić information content (AvgIpc) is 2.72. The standard InChI is InChI=1S/C23H28BrN3O3/c1-3-4-13-25-23(30)19-7-5-17(6-8-19)15-26-22(29)14-21(27-16(2)28)18-9-11-20(24)12-10-18/h5-12,21H,3-4,13-15H2,1-2H3,(H,25,30)(H,26,29)(H,27,28). The van der Waals surface area contributed by atoms with Crippen LogP contribution in [0.1, 0.15) is 60.6 Å². The Morgan fingerprint density at radius 1 is 0.967 bits per heavy atom. The van der Waals surface area contributed by atoms with Crippen molar-refractivity contribution in [1.29, 1.82) is 0 Å². The van der Waals surface area contributed by atoms with Crippen molar-refractivity contribution in [2.24, 2.45) is 0 Å². The summed E-state index contributed by atoms with van der Waals surface area (Å²) in [5.41, 5.74) is 2.36. The van der Waals surface area contributed by atoms with E-state index in [9.17, 15) is 14.4 Å². The van der Waals surface area contributed by atoms with Crippen LogP contribution < -0.4 is 16.0 Å². The first-order valence-electron chi connectivity index (χ1n) is 10.1. The van der Waals surface area contributed by atoms with Gasteiger partial charge in [0, 0.05) is 30.0 Å². The Kier molecular flexibility index (Phi) is 9.54. The maximum atomic E-state index is 12.4. The highest BCUT2D eigenvalue weighted by Crippen LogP contribution is 2.20. The van der Waals surface area contributed by atoms with Crippen LogP contribution in [0.3, 0.4) is 0 Å². The number of hydrogen-bond donors (Lipinski definition) is 3. The van der Waals surface area contributed by atoms with Crippen LogP contribution in [0.2, 0.25) is 0 Å². The van der Waals surface area contributed by atoms with Crippen molar-refractivity contribution >= 4 is 33.7 Å². The van der Waals surface area contributed by atoms with E-state index >= 15 is 0 Å². The van der Waals surface area contributed by atoms with E-state index in [1.807, 2.05) is 36.4 Å². The summed E-state index contributed by atoms with van der Waals surface area (Å²) in [4.78, 5) is 36.0. The van der Waals surface area contributed by atoms with Crippen LogP contribution in [0.4, 0.5) is 0 Å². The van der Waals surface area contributed by atoms with Gasteiger partial charge in [-0.25, -0.2) is 0 Å². The van der Waals surface area contributed by atoms with Crippen LogP contribution >= 0.6 is 15.9 Å². The Morgan fingerprint density at radius 3 is 2.23 bits per heavy atom. The molecule has 0 saturated carbocycles. The fourth-order valence-corrected chi connectivity index (χ4v) is 3.17. The molecule has 3 N–H and O–H groups in total. The van der Waals surface area contributed by atoms with Gasteiger partial charge in [-0.3, -0.25) is 14.4 Å². The van der Waals surface area contributed by atoms with E-state index in [2.05, 4.69) is 38.8 Å². The maximum Gasteiger partial charge on any atom is 0.251 e. The summed E-state index contributed by atoms with van der Waals surface area (Å²) in [6.45, 7) is 4.53. The summed E-state index contributed by atoms with van der Waals surface area (Å²) in [6.07, 6.45) is 2.12. The lowest BCUT2D eigenvalue weighted by molar-refractivity contribution is -0.122. The van der Waals surface area contributed by atoms with E-state index in [1.165, 1.54) is 6.92 Å². The quantitative estimate of drug-likeness (QED) is 0.457. The van der Waals surface area contributed by atoms with E-state index < -0.39 is 6.04 Å². The molecule has 0 spiro atoms. The number of nitrogens with one attached hydrogen (secondary N) is 3. The third kappa shape index (κ3) is 7.99. The second kappa shape index (κ2) is 12.1. The molecule has 1 unspecified atom stereocenters. The third-order valence-electron chi connectivity index (χ3n) is 4.56. The molecule has 0 bridgehead atoms. The van der Waals surface area contributed by atoms with Crippen molar-refractivity contribution < 1.29 is 14.4 Å². The molecular weight excluding hydrogens is 446 g/mol. The van der Waals surface area contributed by atoms with Crippen LogP contribution in [-0.2, 0) is 16.1 Å². The van der Waals surface area contributed by atoms with Gasteiger partial charge >= 0.3 is 0 Å². The maximum absolute atomic E-state index is 12.4. The predicted molar refractivity (Wildman–Crippen MR) is 121 cm³/mol. The van der Waals surface area contributed by atoms with Crippen LogP contribution in [0.5, 0.6) is 0 Å². The minimum Gasteiger partial charge on any atom is -0.352 e. The predicted octanol–water partition coefficient (Wildman–Crippen LogP) is 3.86. The lowest BCUT2D eigenvalue weighted by Crippen LogP contribution is -2.32. The van der Waals surface area contributed by atoms with Gasteiger partial charge in [0.05, 0.1) is 12.5 Å². The van der Waals surface area contributed by atoms with Crippen LogP contribution in [0.25, 0.3) is 0 Å². The van der Waals surface area contributed by atoms with Gasteiger partial charge in [0.15, 0.2) is 0 Å². The van der Waals surface area contributed by atoms with E-state index in [-0.39, 0.29) is 24.1 Å². The van der Waals surface area contributed by atoms with Crippen molar-refractivity contribution in [2.75, 3.05) is 6.54 Å². The summed E-state index contributed by atoms with van der Waals surface area (Å²) in [6, 6.07) is 14.3.